The van der Waals surface area contributed by atoms with Crippen molar-refractivity contribution in [3.05, 3.63) is 60.1 Å². The summed E-state index contributed by atoms with van der Waals surface area (Å²) in [4.78, 5) is 36.3. The molecule has 1 aliphatic heterocycles. The van der Waals surface area contributed by atoms with Gasteiger partial charge in [-0.2, -0.15) is 0 Å². The van der Waals surface area contributed by atoms with E-state index in [2.05, 4.69) is 27.0 Å². The van der Waals surface area contributed by atoms with Gasteiger partial charge >= 0.3 is 12.1 Å². The van der Waals surface area contributed by atoms with Gasteiger partial charge in [0, 0.05) is 25.7 Å². The first-order chi connectivity index (χ1) is 14.7. The lowest BCUT2D eigenvalue weighted by atomic mass is 10.2. The molecule has 1 aromatic heterocycles. The minimum absolute atomic E-state index is 0.133. The highest BCUT2D eigenvalue weighted by molar-refractivity contribution is 5.88. The fraction of sp³-hybridized carbons (Fsp3) is 0.391. The van der Waals surface area contributed by atoms with E-state index in [4.69, 9.17) is 9.84 Å². The summed E-state index contributed by atoms with van der Waals surface area (Å²) in [5.41, 5.74) is 0.909. The highest BCUT2D eigenvalue weighted by Gasteiger charge is 2.35. The number of carbonyl (C=O) groups is 2. The van der Waals surface area contributed by atoms with Crippen LogP contribution in [0.5, 0.6) is 0 Å². The highest BCUT2D eigenvalue weighted by atomic mass is 16.6. The Balaban J connectivity index is 1.83. The maximum absolute atomic E-state index is 13.1. The van der Waals surface area contributed by atoms with Crippen LogP contribution in [-0.4, -0.2) is 56.8 Å². The zero-order valence-electron chi connectivity index (χ0n) is 18.1. The molecule has 0 radical (unpaired) electrons. The van der Waals surface area contributed by atoms with Crippen LogP contribution in [-0.2, 0) is 16.1 Å². The Kier molecular flexibility index (Phi) is 7.02. The number of carbonyl (C=O) groups excluding carboxylic acids is 1. The fourth-order valence-corrected chi connectivity index (χ4v) is 3.47. The van der Waals surface area contributed by atoms with E-state index in [0.29, 0.717) is 18.1 Å². The number of nitrogens with zero attached hydrogens (tertiary/aromatic N) is 4. The number of anilines is 1. The quantitative estimate of drug-likeness (QED) is 0.708. The number of amides is 1. The van der Waals surface area contributed by atoms with Crippen LogP contribution >= 0.6 is 0 Å². The van der Waals surface area contributed by atoms with Gasteiger partial charge in [0.15, 0.2) is 5.82 Å². The zero-order chi connectivity index (χ0) is 22.4. The van der Waals surface area contributed by atoms with Gasteiger partial charge in [0.25, 0.3) is 0 Å². The van der Waals surface area contributed by atoms with Crippen LogP contribution in [0, 0.1) is 0 Å². The van der Waals surface area contributed by atoms with Crippen molar-refractivity contribution in [1.82, 2.24) is 14.9 Å². The molecule has 1 fully saturated rings. The lowest BCUT2D eigenvalue weighted by Gasteiger charge is -2.31. The van der Waals surface area contributed by atoms with Crippen LogP contribution in [0.2, 0.25) is 0 Å². The molecule has 8 nitrogen and oxygen atoms in total. The van der Waals surface area contributed by atoms with Gasteiger partial charge in [0.05, 0.1) is 24.1 Å². The van der Waals surface area contributed by atoms with Crippen LogP contribution < -0.4 is 4.90 Å². The Morgan fingerprint density at radius 3 is 2.68 bits per heavy atom. The van der Waals surface area contributed by atoms with Gasteiger partial charge in [-0.1, -0.05) is 30.3 Å². The molecule has 164 valence electrons. The molecule has 2 aromatic rings. The second-order valence-corrected chi connectivity index (χ2v) is 8.49. The van der Waals surface area contributed by atoms with E-state index in [1.807, 2.05) is 39.0 Å². The molecule has 2 heterocycles. The Morgan fingerprint density at radius 1 is 1.26 bits per heavy atom. The lowest BCUT2D eigenvalue weighted by molar-refractivity contribution is -0.131. The number of hydrogen-bond donors (Lipinski definition) is 1. The highest BCUT2D eigenvalue weighted by Crippen LogP contribution is 2.25. The Bertz CT molecular complexity index is 940. The number of aliphatic carboxylic acids is 1. The minimum Gasteiger partial charge on any atom is -0.478 e. The number of carboxylic acids is 1. The van der Waals surface area contributed by atoms with Crippen LogP contribution in [0.4, 0.5) is 10.6 Å². The van der Waals surface area contributed by atoms with Crippen molar-refractivity contribution in [1.29, 1.82) is 0 Å². The molecule has 0 aliphatic carbocycles. The van der Waals surface area contributed by atoms with Gasteiger partial charge in [-0.05, 0) is 38.8 Å². The van der Waals surface area contributed by atoms with Gasteiger partial charge in [-0.25, -0.2) is 14.6 Å². The van der Waals surface area contributed by atoms with E-state index < -0.39 is 17.7 Å². The normalized spacial score (nSPS) is 17.1. The standard InChI is InChI=1S/C23H28N4O4/c1-23(2,3)31-22(30)27(20-14-24-13-18(25-20)9-10-21(28)29)19-11-12-26(16-19)15-17-7-5-4-6-8-17/h4-10,13-14,19H,11-12,15-16H2,1-3H3,(H,28,29)/b10-9+/t19-/m1/s1. The van der Waals surface area contributed by atoms with Crippen molar-refractivity contribution in [2.75, 3.05) is 18.0 Å². The summed E-state index contributed by atoms with van der Waals surface area (Å²) in [6.07, 6.45) is 5.57. The number of carboxylic acid groups (broad SMARTS) is 1. The monoisotopic (exact) mass is 424 g/mol. The van der Waals surface area contributed by atoms with Crippen LogP contribution in [0.3, 0.4) is 0 Å². The zero-order valence-corrected chi connectivity index (χ0v) is 18.1. The average Bonchev–Trinajstić information content (AvgIpc) is 3.14. The van der Waals surface area contributed by atoms with E-state index in [1.54, 1.807) is 4.90 Å². The molecule has 1 amide bonds. The number of hydrogen-bond acceptors (Lipinski definition) is 6. The minimum atomic E-state index is -1.08. The summed E-state index contributed by atoms with van der Waals surface area (Å²) in [7, 11) is 0. The number of benzene rings is 1. The molecular formula is C23H28N4O4. The average molecular weight is 425 g/mol. The molecule has 1 saturated heterocycles. The van der Waals surface area contributed by atoms with Gasteiger partial charge < -0.3 is 9.84 Å². The molecule has 0 unspecified atom stereocenters. The summed E-state index contributed by atoms with van der Waals surface area (Å²) in [5.74, 6) is -0.739. The second kappa shape index (κ2) is 9.70. The summed E-state index contributed by atoms with van der Waals surface area (Å²) in [6, 6.07) is 10.1. The summed E-state index contributed by atoms with van der Waals surface area (Å²) in [5, 5.41) is 8.87. The first-order valence-electron chi connectivity index (χ1n) is 10.2. The summed E-state index contributed by atoms with van der Waals surface area (Å²) in [6.45, 7) is 7.76. The van der Waals surface area contributed by atoms with Crippen molar-refractivity contribution >= 4 is 24.0 Å². The predicted octanol–water partition coefficient (Wildman–Crippen LogP) is 3.59. The van der Waals surface area contributed by atoms with E-state index in [1.165, 1.54) is 24.0 Å². The number of likely N-dealkylation sites (tertiary alicyclic amines) is 1. The molecule has 0 spiro atoms. The fourth-order valence-electron chi connectivity index (χ4n) is 3.47. The SMILES string of the molecule is CC(C)(C)OC(=O)N(c1cncc(/C=C/C(=O)O)n1)[C@@H]1CCN(Cc2ccccc2)C1. The van der Waals surface area contributed by atoms with E-state index in [-0.39, 0.29) is 6.04 Å². The third-order valence-corrected chi connectivity index (χ3v) is 4.74. The van der Waals surface area contributed by atoms with E-state index in [0.717, 1.165) is 25.6 Å². The Labute approximate surface area is 182 Å². The number of ether oxygens (including phenoxy) is 1. The Hall–Kier alpha value is -3.26. The van der Waals surface area contributed by atoms with Crippen molar-refractivity contribution in [3.8, 4) is 0 Å². The van der Waals surface area contributed by atoms with Crippen molar-refractivity contribution in [3.63, 3.8) is 0 Å². The summed E-state index contributed by atoms with van der Waals surface area (Å²) < 4.78 is 5.65. The van der Waals surface area contributed by atoms with Gasteiger partial charge in [-0.3, -0.25) is 14.8 Å². The van der Waals surface area contributed by atoms with Gasteiger partial charge in [0.1, 0.15) is 5.60 Å². The third kappa shape index (κ3) is 6.62. The van der Waals surface area contributed by atoms with Crippen LogP contribution in [0.1, 0.15) is 38.4 Å². The predicted molar refractivity (Wildman–Crippen MR) is 118 cm³/mol. The topological polar surface area (TPSA) is 95.9 Å². The molecular weight excluding hydrogens is 396 g/mol. The van der Waals surface area contributed by atoms with Crippen LogP contribution in [0.15, 0.2) is 48.8 Å². The molecule has 31 heavy (non-hydrogen) atoms. The van der Waals surface area contributed by atoms with Gasteiger partial charge in [0.2, 0.25) is 0 Å². The summed E-state index contributed by atoms with van der Waals surface area (Å²) >= 11 is 0. The molecule has 1 atom stereocenters. The molecule has 1 aliphatic rings. The molecule has 8 heteroatoms. The molecule has 1 N–H and O–H groups in total. The maximum atomic E-state index is 13.1. The number of rotatable bonds is 6. The van der Waals surface area contributed by atoms with E-state index in [9.17, 15) is 9.59 Å². The van der Waals surface area contributed by atoms with Crippen molar-refractivity contribution < 1.29 is 19.4 Å². The third-order valence-electron chi connectivity index (χ3n) is 4.74. The molecule has 3 rings (SSSR count). The molecule has 0 saturated carbocycles. The number of aromatic nitrogens is 2. The van der Waals surface area contributed by atoms with Gasteiger partial charge in [-0.15, -0.1) is 0 Å². The lowest BCUT2D eigenvalue weighted by Crippen LogP contribution is -2.45. The smallest absolute Gasteiger partial charge is 0.416 e. The van der Waals surface area contributed by atoms with E-state index >= 15 is 0 Å². The first kappa shape index (κ1) is 22.4. The first-order valence-corrected chi connectivity index (χ1v) is 10.2. The van der Waals surface area contributed by atoms with Crippen molar-refractivity contribution in [2.45, 2.75) is 45.4 Å². The molecule has 1 aromatic carbocycles. The maximum Gasteiger partial charge on any atom is 0.416 e. The van der Waals surface area contributed by atoms with Crippen molar-refractivity contribution in [2.24, 2.45) is 0 Å². The second-order valence-electron chi connectivity index (χ2n) is 8.49. The largest absolute Gasteiger partial charge is 0.478 e. The molecule has 0 bridgehead atoms. The van der Waals surface area contributed by atoms with Crippen LogP contribution in [0.25, 0.3) is 6.08 Å². The Morgan fingerprint density at radius 2 is 2.00 bits per heavy atom.